The molecule has 0 aromatic heterocycles. The Balaban J connectivity index is 2.20. The first-order chi connectivity index (χ1) is 7.76. The summed E-state index contributed by atoms with van der Waals surface area (Å²) in [5, 5.41) is 0. The van der Waals surface area contributed by atoms with Crippen molar-refractivity contribution in [1.29, 1.82) is 0 Å². The molecule has 0 spiro atoms. The highest BCUT2D eigenvalue weighted by Crippen LogP contribution is 2.32. The lowest BCUT2D eigenvalue weighted by atomic mass is 10.1. The zero-order valence-electron chi connectivity index (χ0n) is 10.4. The van der Waals surface area contributed by atoms with E-state index in [1.54, 1.807) is 0 Å². The fourth-order valence-corrected chi connectivity index (χ4v) is 2.24. The molecule has 2 rings (SSSR count). The lowest BCUT2D eigenvalue weighted by Gasteiger charge is -2.25. The Kier molecular flexibility index (Phi) is 3.49. The maximum absolute atomic E-state index is 5.69. The third kappa shape index (κ3) is 2.38. The van der Waals surface area contributed by atoms with Crippen molar-refractivity contribution in [3.8, 4) is 0 Å². The van der Waals surface area contributed by atoms with Crippen molar-refractivity contribution in [3.63, 3.8) is 0 Å². The molecule has 1 fully saturated rings. The molecule has 2 N–H and O–H groups in total. The van der Waals surface area contributed by atoms with Gasteiger partial charge in [-0.25, -0.2) is 0 Å². The van der Waals surface area contributed by atoms with Crippen molar-refractivity contribution >= 4 is 5.69 Å². The Morgan fingerprint density at radius 1 is 1.38 bits per heavy atom. The number of nitrogens with two attached hydrogens (primary N) is 1. The van der Waals surface area contributed by atoms with Gasteiger partial charge < -0.3 is 10.6 Å². The van der Waals surface area contributed by atoms with Gasteiger partial charge in [0, 0.05) is 24.8 Å². The lowest BCUT2D eigenvalue weighted by Crippen LogP contribution is -2.26. The maximum atomic E-state index is 5.69. The van der Waals surface area contributed by atoms with Crippen molar-refractivity contribution in [2.75, 3.05) is 11.4 Å². The number of hydrogen-bond donors (Lipinski definition) is 1. The standard InChI is InChI=1S/C14H22N2/c1-3-8-16(13-6-7-13)14-5-4-12(10-15)11(2)9-14/h4-5,9,13H,3,6-8,10,15H2,1-2H3. The summed E-state index contributed by atoms with van der Waals surface area (Å²) in [7, 11) is 0. The number of aryl methyl sites for hydroxylation is 1. The van der Waals surface area contributed by atoms with E-state index >= 15 is 0 Å². The van der Waals surface area contributed by atoms with Crippen molar-refractivity contribution in [2.24, 2.45) is 5.73 Å². The highest BCUT2D eigenvalue weighted by molar-refractivity contribution is 5.52. The smallest absolute Gasteiger partial charge is 0.0371 e. The minimum absolute atomic E-state index is 0.642. The molecule has 1 aromatic rings. The molecule has 1 saturated carbocycles. The van der Waals surface area contributed by atoms with Gasteiger partial charge in [0.15, 0.2) is 0 Å². The van der Waals surface area contributed by atoms with Gasteiger partial charge in [-0.15, -0.1) is 0 Å². The fourth-order valence-electron chi connectivity index (χ4n) is 2.24. The molecular weight excluding hydrogens is 196 g/mol. The van der Waals surface area contributed by atoms with E-state index in [-0.39, 0.29) is 0 Å². The van der Waals surface area contributed by atoms with Gasteiger partial charge in [0.25, 0.3) is 0 Å². The number of nitrogens with zero attached hydrogens (tertiary/aromatic N) is 1. The molecular formula is C14H22N2. The summed E-state index contributed by atoms with van der Waals surface area (Å²) in [6.45, 7) is 6.22. The van der Waals surface area contributed by atoms with Crippen LogP contribution >= 0.6 is 0 Å². The van der Waals surface area contributed by atoms with Crippen LogP contribution in [0.4, 0.5) is 5.69 Å². The molecule has 0 saturated heterocycles. The Labute approximate surface area is 98.4 Å². The minimum Gasteiger partial charge on any atom is -0.369 e. The van der Waals surface area contributed by atoms with Crippen LogP contribution in [0.1, 0.15) is 37.3 Å². The van der Waals surface area contributed by atoms with Crippen molar-refractivity contribution < 1.29 is 0 Å². The van der Waals surface area contributed by atoms with Gasteiger partial charge in [-0.1, -0.05) is 13.0 Å². The van der Waals surface area contributed by atoms with Gasteiger partial charge in [0.1, 0.15) is 0 Å². The molecule has 16 heavy (non-hydrogen) atoms. The summed E-state index contributed by atoms with van der Waals surface area (Å²) in [4.78, 5) is 2.55. The van der Waals surface area contributed by atoms with E-state index < -0.39 is 0 Å². The molecule has 0 atom stereocenters. The normalized spacial score (nSPS) is 15.2. The molecule has 1 aliphatic rings. The summed E-state index contributed by atoms with van der Waals surface area (Å²) in [6, 6.07) is 7.48. The van der Waals surface area contributed by atoms with Crippen LogP contribution in [0.25, 0.3) is 0 Å². The van der Waals surface area contributed by atoms with Gasteiger partial charge >= 0.3 is 0 Å². The lowest BCUT2D eigenvalue weighted by molar-refractivity contribution is 0.762. The second kappa shape index (κ2) is 4.88. The maximum Gasteiger partial charge on any atom is 0.0371 e. The Bertz CT molecular complexity index is 356. The van der Waals surface area contributed by atoms with Crippen LogP contribution in [0.5, 0.6) is 0 Å². The molecule has 0 radical (unpaired) electrons. The van der Waals surface area contributed by atoms with Crippen LogP contribution < -0.4 is 10.6 Å². The van der Waals surface area contributed by atoms with Crippen LogP contribution in [-0.4, -0.2) is 12.6 Å². The molecule has 0 heterocycles. The molecule has 0 amide bonds. The number of hydrogen-bond acceptors (Lipinski definition) is 2. The molecule has 2 heteroatoms. The average Bonchev–Trinajstić information content (AvgIpc) is 3.09. The quantitative estimate of drug-likeness (QED) is 0.823. The fraction of sp³-hybridized carbons (Fsp3) is 0.571. The topological polar surface area (TPSA) is 29.3 Å². The van der Waals surface area contributed by atoms with Gasteiger partial charge in [-0.2, -0.15) is 0 Å². The van der Waals surface area contributed by atoms with E-state index in [1.165, 1.54) is 42.6 Å². The van der Waals surface area contributed by atoms with Gasteiger partial charge in [0.2, 0.25) is 0 Å². The second-order valence-corrected chi connectivity index (χ2v) is 4.74. The number of benzene rings is 1. The van der Waals surface area contributed by atoms with Crippen LogP contribution in [0.2, 0.25) is 0 Å². The van der Waals surface area contributed by atoms with Crippen LogP contribution in [0.15, 0.2) is 18.2 Å². The first kappa shape index (κ1) is 11.5. The summed E-state index contributed by atoms with van der Waals surface area (Å²) >= 11 is 0. The molecule has 1 aromatic carbocycles. The summed E-state index contributed by atoms with van der Waals surface area (Å²) < 4.78 is 0. The highest BCUT2D eigenvalue weighted by Gasteiger charge is 2.28. The van der Waals surface area contributed by atoms with E-state index in [4.69, 9.17) is 5.73 Å². The molecule has 0 aliphatic heterocycles. The van der Waals surface area contributed by atoms with E-state index in [0.717, 1.165) is 6.04 Å². The van der Waals surface area contributed by atoms with E-state index in [0.29, 0.717) is 6.54 Å². The first-order valence-electron chi connectivity index (χ1n) is 6.32. The molecule has 2 nitrogen and oxygen atoms in total. The Hall–Kier alpha value is -1.02. The Morgan fingerprint density at radius 3 is 2.62 bits per heavy atom. The molecule has 88 valence electrons. The summed E-state index contributed by atoms with van der Waals surface area (Å²) in [5.74, 6) is 0. The van der Waals surface area contributed by atoms with E-state index in [9.17, 15) is 0 Å². The van der Waals surface area contributed by atoms with Crippen LogP contribution in [-0.2, 0) is 6.54 Å². The van der Waals surface area contributed by atoms with E-state index in [1.807, 2.05) is 0 Å². The van der Waals surface area contributed by atoms with Crippen molar-refractivity contribution in [3.05, 3.63) is 29.3 Å². The first-order valence-corrected chi connectivity index (χ1v) is 6.32. The third-order valence-electron chi connectivity index (χ3n) is 3.33. The third-order valence-corrected chi connectivity index (χ3v) is 3.33. The average molecular weight is 218 g/mol. The summed E-state index contributed by atoms with van der Waals surface area (Å²) in [5.41, 5.74) is 9.65. The number of anilines is 1. The zero-order chi connectivity index (χ0) is 11.5. The zero-order valence-corrected chi connectivity index (χ0v) is 10.4. The minimum atomic E-state index is 0.642. The predicted molar refractivity (Wildman–Crippen MR) is 69.7 cm³/mol. The van der Waals surface area contributed by atoms with Crippen molar-refractivity contribution in [1.82, 2.24) is 0 Å². The van der Waals surface area contributed by atoms with E-state index in [2.05, 4.69) is 36.9 Å². The number of rotatable bonds is 5. The van der Waals surface area contributed by atoms with Crippen LogP contribution in [0, 0.1) is 6.92 Å². The molecule has 1 aliphatic carbocycles. The highest BCUT2D eigenvalue weighted by atomic mass is 15.2. The van der Waals surface area contributed by atoms with Gasteiger partial charge in [-0.3, -0.25) is 0 Å². The summed E-state index contributed by atoms with van der Waals surface area (Å²) in [6.07, 6.45) is 3.93. The van der Waals surface area contributed by atoms with Gasteiger partial charge in [-0.05, 0) is 49.4 Å². The van der Waals surface area contributed by atoms with Crippen molar-refractivity contribution in [2.45, 2.75) is 45.7 Å². The molecule has 0 unspecified atom stereocenters. The second-order valence-electron chi connectivity index (χ2n) is 4.74. The van der Waals surface area contributed by atoms with Crippen LogP contribution in [0.3, 0.4) is 0 Å². The largest absolute Gasteiger partial charge is 0.369 e. The molecule has 0 bridgehead atoms. The predicted octanol–water partition coefficient (Wildman–Crippen LogP) is 2.83. The van der Waals surface area contributed by atoms with Gasteiger partial charge in [0.05, 0.1) is 0 Å². The SMILES string of the molecule is CCCN(c1ccc(CN)c(C)c1)C1CC1. The Morgan fingerprint density at radius 2 is 2.12 bits per heavy atom. The monoisotopic (exact) mass is 218 g/mol.